The number of carbonyl (C=O) groups excluding carboxylic acids is 1. The fourth-order valence-electron chi connectivity index (χ4n) is 2.94. The van der Waals surface area contributed by atoms with Crippen molar-refractivity contribution in [3.05, 3.63) is 84.2 Å². The quantitative estimate of drug-likeness (QED) is 0.209. The molecular weight excluding hydrogens is 562 g/mol. The lowest BCUT2D eigenvalue weighted by Crippen LogP contribution is -2.21. The molecule has 0 radical (unpaired) electrons. The molecule has 0 bridgehead atoms. The van der Waals surface area contributed by atoms with Crippen LogP contribution in [0.25, 0.3) is 11.1 Å². The molecule has 0 aliphatic heterocycles. The number of hydrogen-bond acceptors (Lipinski definition) is 5. The topological polar surface area (TPSA) is 140 Å². The summed E-state index contributed by atoms with van der Waals surface area (Å²) in [6.07, 6.45) is -2.07. The van der Waals surface area contributed by atoms with Gasteiger partial charge in [-0.1, -0.05) is 30.3 Å². The number of alkyl halides is 6. The van der Waals surface area contributed by atoms with E-state index in [0.29, 0.717) is 12.2 Å². The first kappa shape index (κ1) is 34.4. The number of primary amides is 1. The summed E-state index contributed by atoms with van der Waals surface area (Å²) in [6.45, 7) is 0.712. The van der Waals surface area contributed by atoms with Crippen molar-refractivity contribution in [1.29, 1.82) is 0 Å². The smallest absolute Gasteiger partial charge is 0.490 e. The highest BCUT2D eigenvalue weighted by Gasteiger charge is 2.38. The van der Waals surface area contributed by atoms with Gasteiger partial charge in [-0.05, 0) is 72.7 Å². The Bertz CT molecular complexity index is 1230. The van der Waals surface area contributed by atoms with Crippen LogP contribution in [0.3, 0.4) is 0 Å². The summed E-state index contributed by atoms with van der Waals surface area (Å²) in [4.78, 5) is 33.2. The van der Waals surface area contributed by atoms with Crippen LogP contribution in [0.4, 0.5) is 26.3 Å². The molecule has 2 aromatic carbocycles. The van der Waals surface area contributed by atoms with Crippen molar-refractivity contribution in [2.24, 2.45) is 5.73 Å². The normalized spacial score (nSPS) is 10.8. The molecule has 0 fully saturated rings. The number of benzene rings is 2. The zero-order valence-corrected chi connectivity index (χ0v) is 21.3. The van der Waals surface area contributed by atoms with Gasteiger partial charge in [0.15, 0.2) is 0 Å². The second kappa shape index (κ2) is 16.5. The van der Waals surface area contributed by atoms with E-state index in [0.717, 1.165) is 42.6 Å². The first-order valence-corrected chi connectivity index (χ1v) is 11.7. The highest BCUT2D eigenvalue weighted by atomic mass is 19.4. The number of amides is 1. The van der Waals surface area contributed by atoms with Gasteiger partial charge in [-0.15, -0.1) is 0 Å². The number of carboxylic acids is 2. The molecule has 0 saturated carbocycles. The number of ether oxygens (including phenoxy) is 1. The average molecular weight is 589 g/mol. The van der Waals surface area contributed by atoms with Crippen LogP contribution in [0.15, 0.2) is 73.1 Å². The number of pyridine rings is 1. The molecule has 0 spiro atoms. The Morgan fingerprint density at radius 3 is 1.85 bits per heavy atom. The maximum absolute atomic E-state index is 11.3. The van der Waals surface area contributed by atoms with Gasteiger partial charge in [0.1, 0.15) is 5.75 Å². The second-order valence-corrected chi connectivity index (χ2v) is 8.10. The van der Waals surface area contributed by atoms with Crippen molar-refractivity contribution in [2.75, 3.05) is 6.61 Å². The van der Waals surface area contributed by atoms with Gasteiger partial charge in [-0.3, -0.25) is 9.78 Å². The maximum atomic E-state index is 11.3. The molecule has 8 nitrogen and oxygen atoms in total. The van der Waals surface area contributed by atoms with Crippen LogP contribution >= 0.6 is 0 Å². The molecule has 1 heterocycles. The SMILES string of the molecule is NC(=O)c1cccc(-c2ccc(OCCCCCc3cccnc3)cc2)c1.O=C(O)C(F)(F)F.O=C(O)C(F)(F)F. The van der Waals surface area contributed by atoms with E-state index < -0.39 is 30.2 Å². The van der Waals surface area contributed by atoms with Gasteiger partial charge >= 0.3 is 24.3 Å². The Hall–Kier alpha value is -4.62. The fraction of sp³-hybridized carbons (Fsp3) is 0.259. The second-order valence-electron chi connectivity index (χ2n) is 8.10. The van der Waals surface area contributed by atoms with E-state index in [1.165, 1.54) is 5.56 Å². The van der Waals surface area contributed by atoms with Crippen molar-refractivity contribution in [3.63, 3.8) is 0 Å². The summed E-state index contributed by atoms with van der Waals surface area (Å²) in [6, 6.07) is 19.3. The molecule has 0 unspecified atom stereocenters. The molecule has 1 amide bonds. The molecule has 14 heteroatoms. The number of halogens is 6. The van der Waals surface area contributed by atoms with Crippen LogP contribution in [0.2, 0.25) is 0 Å². The summed E-state index contributed by atoms with van der Waals surface area (Å²) in [5.74, 6) is -5.07. The minimum Gasteiger partial charge on any atom is -0.494 e. The van der Waals surface area contributed by atoms with Gasteiger partial charge in [0, 0.05) is 18.0 Å². The number of carboxylic acid groups (broad SMARTS) is 2. The van der Waals surface area contributed by atoms with Gasteiger partial charge < -0.3 is 20.7 Å². The number of aryl methyl sites for hydroxylation is 1. The van der Waals surface area contributed by atoms with E-state index in [2.05, 4.69) is 11.1 Å². The first-order valence-electron chi connectivity index (χ1n) is 11.7. The average Bonchev–Trinajstić information content (AvgIpc) is 2.91. The molecule has 4 N–H and O–H groups in total. The highest BCUT2D eigenvalue weighted by Crippen LogP contribution is 2.23. The number of nitrogens with zero attached hydrogens (tertiary/aromatic N) is 1. The molecule has 0 aliphatic rings. The van der Waals surface area contributed by atoms with E-state index in [9.17, 15) is 31.1 Å². The Labute approximate surface area is 230 Å². The van der Waals surface area contributed by atoms with Crippen molar-refractivity contribution in [1.82, 2.24) is 4.98 Å². The molecule has 0 saturated heterocycles. The van der Waals surface area contributed by atoms with Gasteiger partial charge in [0.05, 0.1) is 6.61 Å². The minimum absolute atomic E-state index is 0.416. The lowest BCUT2D eigenvalue weighted by Gasteiger charge is -2.08. The monoisotopic (exact) mass is 588 g/mol. The molecule has 0 aliphatic carbocycles. The number of aliphatic carboxylic acids is 2. The summed E-state index contributed by atoms with van der Waals surface area (Å²) in [7, 11) is 0. The van der Waals surface area contributed by atoms with Gasteiger partial charge in [0.25, 0.3) is 0 Å². The lowest BCUT2D eigenvalue weighted by molar-refractivity contribution is -0.193. The first-order chi connectivity index (χ1) is 19.1. The number of carbonyl (C=O) groups is 3. The maximum Gasteiger partial charge on any atom is 0.490 e. The molecule has 3 rings (SSSR count). The molecule has 222 valence electrons. The van der Waals surface area contributed by atoms with E-state index in [-0.39, 0.29) is 0 Å². The number of rotatable bonds is 9. The number of aromatic nitrogens is 1. The third-order valence-corrected chi connectivity index (χ3v) is 4.92. The minimum atomic E-state index is -5.08. The van der Waals surface area contributed by atoms with Crippen LogP contribution in [-0.2, 0) is 16.0 Å². The Kier molecular flexibility index (Phi) is 13.8. The van der Waals surface area contributed by atoms with E-state index >= 15 is 0 Å². The van der Waals surface area contributed by atoms with E-state index in [4.69, 9.17) is 30.3 Å². The predicted molar refractivity (Wildman–Crippen MR) is 135 cm³/mol. The third kappa shape index (κ3) is 14.4. The predicted octanol–water partition coefficient (Wildman–Crippen LogP) is 5.91. The van der Waals surface area contributed by atoms with Crippen molar-refractivity contribution in [3.8, 4) is 16.9 Å². The van der Waals surface area contributed by atoms with Crippen molar-refractivity contribution >= 4 is 17.8 Å². The summed E-state index contributed by atoms with van der Waals surface area (Å²) in [5.41, 5.74) is 9.14. The fourth-order valence-corrected chi connectivity index (χ4v) is 2.94. The summed E-state index contributed by atoms with van der Waals surface area (Å²) >= 11 is 0. The van der Waals surface area contributed by atoms with Crippen LogP contribution < -0.4 is 10.5 Å². The Balaban J connectivity index is 0.000000497. The van der Waals surface area contributed by atoms with E-state index in [1.54, 1.807) is 18.3 Å². The number of hydrogen-bond donors (Lipinski definition) is 3. The Morgan fingerprint density at radius 1 is 0.780 bits per heavy atom. The molecule has 41 heavy (non-hydrogen) atoms. The van der Waals surface area contributed by atoms with Crippen molar-refractivity contribution < 1.29 is 55.7 Å². The molecule has 1 aromatic heterocycles. The lowest BCUT2D eigenvalue weighted by atomic mass is 10.0. The highest BCUT2D eigenvalue weighted by molar-refractivity contribution is 5.94. The number of unbranched alkanes of at least 4 members (excludes halogenated alkanes) is 2. The van der Waals surface area contributed by atoms with Gasteiger partial charge in [-0.2, -0.15) is 26.3 Å². The van der Waals surface area contributed by atoms with Crippen LogP contribution in [-0.4, -0.2) is 52.0 Å². The van der Waals surface area contributed by atoms with Gasteiger partial charge in [-0.25, -0.2) is 9.59 Å². The summed E-state index contributed by atoms with van der Waals surface area (Å²) < 4.78 is 69.3. The zero-order chi connectivity index (χ0) is 31.1. The van der Waals surface area contributed by atoms with Gasteiger partial charge in [0.2, 0.25) is 5.91 Å². The Morgan fingerprint density at radius 2 is 1.37 bits per heavy atom. The summed E-state index contributed by atoms with van der Waals surface area (Å²) in [5, 5.41) is 14.2. The molecule has 3 aromatic rings. The molecular formula is C27H26F6N2O6. The van der Waals surface area contributed by atoms with Crippen LogP contribution in [0.1, 0.15) is 35.2 Å². The number of nitrogens with two attached hydrogens (primary N) is 1. The van der Waals surface area contributed by atoms with Crippen LogP contribution in [0, 0.1) is 0 Å². The van der Waals surface area contributed by atoms with E-state index in [1.807, 2.05) is 48.7 Å². The largest absolute Gasteiger partial charge is 0.494 e. The zero-order valence-electron chi connectivity index (χ0n) is 21.3. The molecule has 0 atom stereocenters. The third-order valence-electron chi connectivity index (χ3n) is 4.92. The van der Waals surface area contributed by atoms with Crippen LogP contribution in [0.5, 0.6) is 5.75 Å². The van der Waals surface area contributed by atoms with Crippen molar-refractivity contribution in [2.45, 2.75) is 38.0 Å². The standard InChI is InChI=1S/C23H24N2O2.2C2HF3O2/c24-23(26)21-9-4-8-20(16-21)19-10-12-22(13-11-19)27-15-3-1-2-6-18-7-5-14-25-17-18;2*3-2(4,5)1(6)7/h4-5,7-14,16-17H,1-3,6,15H2,(H2,24,26);2*(H,6,7).